The van der Waals surface area contributed by atoms with Crippen molar-refractivity contribution in [2.24, 2.45) is 11.5 Å². The number of aromatic amines is 2. The number of piperazine rings is 2. The number of nitrogens with two attached hydrogens (primary N) is 2. The third-order valence-corrected chi connectivity index (χ3v) is 19.2. The Labute approximate surface area is 529 Å². The van der Waals surface area contributed by atoms with Crippen molar-refractivity contribution in [3.8, 4) is 23.0 Å². The van der Waals surface area contributed by atoms with Crippen molar-refractivity contribution in [2.45, 2.75) is 114 Å². The molecule has 6 aliphatic heterocycles. The SMILES string of the molecule is C[C@@H]1CN(CC(=O)N2CC(C)(C)c3[nH]c(=O)c(Oc4ccc(Br)cc4)cc32)[C@@H](CN2CCOC(C(N)=O)C2Cc2ccc(CC3C(C(N)=O)OCCN3C[C@H]3CN[C@H](C)CN3CC(=O)N3CC(C)(C)c4[nH]c(=O)c(Oc5ccc(Br)cc5)cc43)cc2)CN1. The van der Waals surface area contributed by atoms with E-state index in [1.54, 1.807) is 46.2 Å². The van der Waals surface area contributed by atoms with E-state index < -0.39 is 46.9 Å². The van der Waals surface area contributed by atoms with Crippen LogP contribution in [0.2, 0.25) is 0 Å². The Kier molecular flexibility index (Phi) is 18.9. The molecule has 22 nitrogen and oxygen atoms in total. The summed E-state index contributed by atoms with van der Waals surface area (Å²) in [6.07, 6.45) is -0.854. The van der Waals surface area contributed by atoms with E-state index in [9.17, 15) is 28.8 Å². The summed E-state index contributed by atoms with van der Waals surface area (Å²) in [6.45, 7) is 18.5. The summed E-state index contributed by atoms with van der Waals surface area (Å²) >= 11 is 6.89. The number of H-pyrrole nitrogens is 2. The highest BCUT2D eigenvalue weighted by atomic mass is 79.9. The Morgan fingerprint density at radius 3 is 1.32 bits per heavy atom. The zero-order valence-electron chi connectivity index (χ0n) is 50.7. The molecule has 470 valence electrons. The molecule has 88 heavy (non-hydrogen) atoms. The Morgan fingerprint density at radius 1 is 0.580 bits per heavy atom. The van der Waals surface area contributed by atoms with Gasteiger partial charge in [0.1, 0.15) is 11.5 Å². The molecule has 6 aliphatic rings. The molecule has 4 saturated heterocycles. The number of ether oxygens (including phenoxy) is 4. The molecule has 24 heteroatoms. The molecule has 0 radical (unpaired) electrons. The average Bonchev–Trinajstić information content (AvgIpc) is 1.82. The van der Waals surface area contributed by atoms with Gasteiger partial charge in [-0.25, -0.2) is 0 Å². The molecule has 4 unspecified atom stereocenters. The van der Waals surface area contributed by atoms with Gasteiger partial charge in [0.15, 0.2) is 23.7 Å². The van der Waals surface area contributed by atoms with Crippen LogP contribution in [0.5, 0.6) is 23.0 Å². The molecule has 0 bridgehead atoms. The van der Waals surface area contributed by atoms with Gasteiger partial charge < -0.3 is 60.8 Å². The average molecular weight is 1340 g/mol. The first-order valence-corrected chi connectivity index (χ1v) is 31.9. The first-order valence-electron chi connectivity index (χ1n) is 30.3. The largest absolute Gasteiger partial charge is 0.451 e. The Morgan fingerprint density at radius 2 is 0.955 bits per heavy atom. The van der Waals surface area contributed by atoms with E-state index in [4.69, 9.17) is 30.4 Å². The molecule has 4 amide bonds. The van der Waals surface area contributed by atoms with Crippen molar-refractivity contribution in [3.63, 3.8) is 0 Å². The second kappa shape index (κ2) is 26.3. The summed E-state index contributed by atoms with van der Waals surface area (Å²) in [4.78, 5) is 101. The molecule has 3 aromatic carbocycles. The van der Waals surface area contributed by atoms with Gasteiger partial charge in [0.2, 0.25) is 23.6 Å². The fraction of sp³-hybridized carbons (Fsp3) is 0.500. The number of rotatable bonds is 18. The number of amides is 4. The quantitative estimate of drug-likeness (QED) is 0.0713. The highest BCUT2D eigenvalue weighted by Crippen LogP contribution is 2.42. The van der Waals surface area contributed by atoms with Crippen molar-refractivity contribution >= 4 is 66.9 Å². The van der Waals surface area contributed by atoms with E-state index >= 15 is 0 Å². The van der Waals surface area contributed by atoms with Gasteiger partial charge in [-0.05, 0) is 86.3 Å². The summed E-state index contributed by atoms with van der Waals surface area (Å²) in [5.74, 6) is -0.127. The maximum absolute atomic E-state index is 14.6. The van der Waals surface area contributed by atoms with Crippen LogP contribution in [0.15, 0.2) is 103 Å². The molecular formula is C64H80Br2N12O10. The molecule has 0 saturated carbocycles. The van der Waals surface area contributed by atoms with Gasteiger partial charge in [0, 0.05) is 145 Å². The van der Waals surface area contributed by atoms with Crippen molar-refractivity contribution in [1.82, 2.24) is 40.2 Å². The van der Waals surface area contributed by atoms with Gasteiger partial charge in [0.05, 0.1) is 37.7 Å². The van der Waals surface area contributed by atoms with Crippen molar-refractivity contribution in [3.05, 3.63) is 137 Å². The van der Waals surface area contributed by atoms with Crippen LogP contribution in [0.25, 0.3) is 0 Å². The fourth-order valence-electron chi connectivity index (χ4n) is 13.6. The highest BCUT2D eigenvalue weighted by molar-refractivity contribution is 9.10. The molecule has 8 N–H and O–H groups in total. The van der Waals surface area contributed by atoms with Crippen LogP contribution in [0.4, 0.5) is 11.4 Å². The minimum Gasteiger partial charge on any atom is -0.451 e. The van der Waals surface area contributed by atoms with Gasteiger partial charge in [-0.15, -0.1) is 0 Å². The molecule has 0 aliphatic carbocycles. The molecule has 4 fully saturated rings. The van der Waals surface area contributed by atoms with E-state index in [-0.39, 0.29) is 71.7 Å². The van der Waals surface area contributed by atoms with Crippen LogP contribution >= 0.6 is 31.9 Å². The Hall–Kier alpha value is -6.32. The predicted molar refractivity (Wildman–Crippen MR) is 341 cm³/mol. The zero-order valence-corrected chi connectivity index (χ0v) is 53.9. The lowest BCUT2D eigenvalue weighted by Crippen LogP contribution is -2.64. The number of fused-ring (bicyclic) bond motifs is 2. The first kappa shape index (κ1) is 63.3. The van der Waals surface area contributed by atoms with E-state index in [2.05, 4.69) is 85.9 Å². The second-order valence-electron chi connectivity index (χ2n) is 25.8. The monoisotopic (exact) mass is 1330 g/mol. The minimum absolute atomic E-state index is 0.0959. The molecule has 8 atom stereocenters. The number of nitrogens with one attached hydrogen (secondary N) is 4. The Bertz CT molecular complexity index is 3290. The standard InChI is InChI=1S/C64H80Br2N12O10/c1-37-29-75(33-53(79)77-35-63(3,4)57-49(77)25-51(61(83)71-57)87-45-15-11-41(65)12-16-45)43(27-69-37)31-73-19-21-85-55(59(67)81)47(73)23-39-7-9-40(10-8-39)24-48-56(60(68)82)86-22-20-74(48)32-44-28-70-38(2)30-76(44)34-54(80)78-36-64(5,6)58-50(78)26-52(62(84)72-58)88-46-17-13-42(66)14-18-46/h7-18,25-26,37-38,43-44,47-48,55-56,69-70H,19-24,27-36H2,1-6H3,(H2,67,81)(H2,68,82)(H,71,83)(H,72,84)/t37-,38-,43-,44-,47?,48?,55?,56?/m1/s1. The molecule has 0 spiro atoms. The number of morpholine rings is 2. The third-order valence-electron chi connectivity index (χ3n) is 18.2. The van der Waals surface area contributed by atoms with E-state index in [0.29, 0.717) is 126 Å². The van der Waals surface area contributed by atoms with Crippen LogP contribution in [0, 0.1) is 0 Å². The van der Waals surface area contributed by atoms with Gasteiger partial charge in [-0.1, -0.05) is 83.8 Å². The predicted octanol–water partition coefficient (Wildman–Crippen LogP) is 4.34. The second-order valence-corrected chi connectivity index (χ2v) is 27.6. The normalized spacial score (nSPS) is 25.7. The van der Waals surface area contributed by atoms with Gasteiger partial charge in [0.25, 0.3) is 11.1 Å². The molecule has 5 aromatic rings. The van der Waals surface area contributed by atoms with Crippen LogP contribution in [-0.2, 0) is 52.3 Å². The summed E-state index contributed by atoms with van der Waals surface area (Å²) in [7, 11) is 0. The van der Waals surface area contributed by atoms with Crippen LogP contribution in [0.1, 0.15) is 64.1 Å². The number of halogens is 2. The minimum atomic E-state index is -0.881. The number of hydrogen-bond donors (Lipinski definition) is 6. The summed E-state index contributed by atoms with van der Waals surface area (Å²) in [6, 6.07) is 25.1. The number of aromatic nitrogens is 2. The Balaban J connectivity index is 0.762. The molecule has 8 heterocycles. The number of carbonyl (C=O) groups is 4. The van der Waals surface area contributed by atoms with Crippen LogP contribution in [0.3, 0.4) is 0 Å². The third kappa shape index (κ3) is 14.0. The molecule has 2 aromatic heterocycles. The summed E-state index contributed by atoms with van der Waals surface area (Å²) < 4.78 is 26.1. The highest BCUT2D eigenvalue weighted by Gasteiger charge is 2.45. The summed E-state index contributed by atoms with van der Waals surface area (Å²) in [5, 5.41) is 7.25. The summed E-state index contributed by atoms with van der Waals surface area (Å²) in [5.41, 5.74) is 14.9. The lowest BCUT2D eigenvalue weighted by atomic mass is 9.91. The topological polar surface area (TPSA) is 266 Å². The maximum Gasteiger partial charge on any atom is 0.291 e. The zero-order chi connectivity index (χ0) is 62.3. The number of hydrogen-bond acceptors (Lipinski definition) is 16. The van der Waals surface area contributed by atoms with Crippen molar-refractivity contribution in [1.29, 1.82) is 0 Å². The van der Waals surface area contributed by atoms with Gasteiger partial charge in [-0.3, -0.25) is 48.4 Å². The number of carbonyl (C=O) groups excluding carboxylic acids is 4. The fourth-order valence-corrected chi connectivity index (χ4v) is 14.1. The van der Waals surface area contributed by atoms with E-state index in [1.165, 1.54) is 0 Å². The van der Waals surface area contributed by atoms with E-state index in [0.717, 1.165) is 20.1 Å². The van der Waals surface area contributed by atoms with Crippen LogP contribution in [-0.4, -0.2) is 193 Å². The first-order chi connectivity index (χ1) is 42.0. The van der Waals surface area contributed by atoms with Crippen molar-refractivity contribution < 1.29 is 38.1 Å². The number of primary amides is 2. The van der Waals surface area contributed by atoms with Crippen LogP contribution < -0.4 is 52.5 Å². The number of benzene rings is 3. The van der Waals surface area contributed by atoms with Gasteiger partial charge >= 0.3 is 0 Å². The molecular weight excluding hydrogens is 1260 g/mol. The van der Waals surface area contributed by atoms with Gasteiger partial charge in [-0.2, -0.15) is 0 Å². The lowest BCUT2D eigenvalue weighted by Gasteiger charge is -2.46. The number of anilines is 2. The van der Waals surface area contributed by atoms with E-state index in [1.807, 2.05) is 76.2 Å². The maximum atomic E-state index is 14.6. The smallest absolute Gasteiger partial charge is 0.291 e. The number of pyridine rings is 2. The lowest BCUT2D eigenvalue weighted by molar-refractivity contribution is -0.143. The van der Waals surface area contributed by atoms with Crippen molar-refractivity contribution in [2.75, 3.05) is 102 Å². The molecule has 11 rings (SSSR count). The number of nitrogens with zero attached hydrogens (tertiary/aromatic N) is 6.